The smallest absolute Gasteiger partial charge is 0.150 e. The van der Waals surface area contributed by atoms with Gasteiger partial charge in [-0.1, -0.05) is 35.4 Å². The fourth-order valence-corrected chi connectivity index (χ4v) is 4.26. The Labute approximate surface area is 130 Å². The summed E-state index contributed by atoms with van der Waals surface area (Å²) >= 11 is 0. The second-order valence-corrected chi connectivity index (χ2v) is 7.02. The predicted molar refractivity (Wildman–Crippen MR) is 91.3 cm³/mol. The maximum absolute atomic E-state index is 12.8. The van der Waals surface area contributed by atoms with Crippen LogP contribution in [0.4, 0.5) is 5.69 Å². The van der Waals surface area contributed by atoms with Crippen molar-refractivity contribution in [1.29, 1.82) is 0 Å². The predicted octanol–water partition coefficient (Wildman–Crippen LogP) is 4.67. The van der Waals surface area contributed by atoms with Gasteiger partial charge >= 0.3 is 0 Å². The molecule has 1 N–H and O–H groups in total. The Morgan fingerprint density at radius 2 is 1.10 bits per heavy atom. The highest BCUT2D eigenvalue weighted by molar-refractivity contribution is 7.86. The van der Waals surface area contributed by atoms with Crippen molar-refractivity contribution in [2.45, 2.75) is 46.4 Å². The van der Waals surface area contributed by atoms with Gasteiger partial charge in [-0.05, 0) is 63.8 Å². The lowest BCUT2D eigenvalue weighted by atomic mass is 10.1. The molecule has 2 rings (SSSR count). The minimum atomic E-state index is -1.24. The molecule has 1 atom stereocenters. The van der Waals surface area contributed by atoms with Gasteiger partial charge in [0.1, 0.15) is 0 Å². The standard InChI is InChI=1S/C18H23NOS/c1-11-7-13(3)17(14(4)8-11)19-21(20)18-15(5)9-12(2)10-16(18)6/h7-10,19H,1-6H3. The zero-order valence-electron chi connectivity index (χ0n) is 13.6. The summed E-state index contributed by atoms with van der Waals surface area (Å²) in [5.74, 6) is 0. The second kappa shape index (κ2) is 6.02. The van der Waals surface area contributed by atoms with E-state index in [0.717, 1.165) is 32.8 Å². The van der Waals surface area contributed by atoms with Crippen LogP contribution >= 0.6 is 0 Å². The van der Waals surface area contributed by atoms with E-state index < -0.39 is 11.0 Å². The molecule has 0 aliphatic rings. The van der Waals surface area contributed by atoms with Crippen LogP contribution in [0.25, 0.3) is 0 Å². The molecule has 0 aliphatic carbocycles. The van der Waals surface area contributed by atoms with E-state index in [1.165, 1.54) is 11.1 Å². The molecule has 2 aromatic rings. The summed E-state index contributed by atoms with van der Waals surface area (Å²) in [6, 6.07) is 8.39. The van der Waals surface area contributed by atoms with Gasteiger partial charge in [0, 0.05) is 0 Å². The third-order valence-electron chi connectivity index (χ3n) is 3.66. The first-order valence-electron chi connectivity index (χ1n) is 7.13. The van der Waals surface area contributed by atoms with Crippen molar-refractivity contribution in [3.63, 3.8) is 0 Å². The van der Waals surface area contributed by atoms with E-state index in [-0.39, 0.29) is 0 Å². The van der Waals surface area contributed by atoms with Crippen molar-refractivity contribution in [2.24, 2.45) is 0 Å². The van der Waals surface area contributed by atoms with Gasteiger partial charge in [-0.15, -0.1) is 0 Å². The SMILES string of the molecule is Cc1cc(C)c(NS(=O)c2c(C)cc(C)cc2C)c(C)c1. The van der Waals surface area contributed by atoms with Gasteiger partial charge in [-0.2, -0.15) is 0 Å². The number of benzene rings is 2. The maximum Gasteiger partial charge on any atom is 0.150 e. The Bertz CT molecular complexity index is 673. The lowest BCUT2D eigenvalue weighted by Gasteiger charge is -2.16. The van der Waals surface area contributed by atoms with E-state index in [9.17, 15) is 4.21 Å². The molecule has 112 valence electrons. The van der Waals surface area contributed by atoms with Crippen LogP contribution in [0.5, 0.6) is 0 Å². The summed E-state index contributed by atoms with van der Waals surface area (Å²) in [6.07, 6.45) is 0. The molecule has 0 amide bonds. The third kappa shape index (κ3) is 3.35. The minimum absolute atomic E-state index is 0.889. The Kier molecular flexibility index (Phi) is 4.52. The van der Waals surface area contributed by atoms with Gasteiger partial charge in [0.2, 0.25) is 0 Å². The maximum atomic E-state index is 12.8. The molecule has 0 heterocycles. The first-order valence-corrected chi connectivity index (χ1v) is 8.28. The van der Waals surface area contributed by atoms with Crippen LogP contribution in [0.3, 0.4) is 0 Å². The van der Waals surface area contributed by atoms with Crippen molar-refractivity contribution >= 4 is 16.7 Å². The summed E-state index contributed by atoms with van der Waals surface area (Å²) in [5.41, 5.74) is 7.80. The molecule has 0 aromatic heterocycles. The molecular weight excluding hydrogens is 278 g/mol. The Morgan fingerprint density at radius 3 is 1.52 bits per heavy atom. The van der Waals surface area contributed by atoms with Crippen LogP contribution in [0.2, 0.25) is 0 Å². The van der Waals surface area contributed by atoms with Gasteiger partial charge < -0.3 is 4.72 Å². The zero-order chi connectivity index (χ0) is 15.7. The molecular formula is C18H23NOS. The highest BCUT2D eigenvalue weighted by Gasteiger charge is 2.14. The Balaban J connectivity index is 2.40. The fourth-order valence-electron chi connectivity index (χ4n) is 2.94. The van der Waals surface area contributed by atoms with Crippen LogP contribution in [-0.2, 0) is 11.0 Å². The van der Waals surface area contributed by atoms with E-state index >= 15 is 0 Å². The second-order valence-electron chi connectivity index (χ2n) is 5.87. The number of aryl methyl sites for hydroxylation is 6. The molecule has 1 unspecified atom stereocenters. The fraction of sp³-hybridized carbons (Fsp3) is 0.333. The summed E-state index contributed by atoms with van der Waals surface area (Å²) in [7, 11) is -1.24. The molecule has 0 saturated heterocycles. The average Bonchev–Trinajstić information content (AvgIpc) is 2.32. The number of hydrogen-bond donors (Lipinski definition) is 1. The summed E-state index contributed by atoms with van der Waals surface area (Å²) in [6.45, 7) is 12.3. The monoisotopic (exact) mass is 301 g/mol. The molecule has 3 heteroatoms. The zero-order valence-corrected chi connectivity index (χ0v) is 14.4. The van der Waals surface area contributed by atoms with Gasteiger partial charge in [0.15, 0.2) is 11.0 Å². The quantitative estimate of drug-likeness (QED) is 0.877. The first-order chi connectivity index (χ1) is 9.79. The average molecular weight is 301 g/mol. The number of nitrogens with one attached hydrogen (secondary N) is 1. The molecule has 2 aromatic carbocycles. The van der Waals surface area contributed by atoms with E-state index in [4.69, 9.17) is 0 Å². The molecule has 0 spiro atoms. The molecule has 0 bridgehead atoms. The lowest BCUT2D eigenvalue weighted by molar-refractivity contribution is 0.685. The van der Waals surface area contributed by atoms with Gasteiger partial charge in [-0.25, -0.2) is 4.21 Å². The highest BCUT2D eigenvalue weighted by atomic mass is 32.2. The van der Waals surface area contributed by atoms with Crippen molar-refractivity contribution in [3.05, 3.63) is 57.6 Å². The van der Waals surface area contributed by atoms with Crippen LogP contribution in [0.1, 0.15) is 33.4 Å². The Morgan fingerprint density at radius 1 is 0.714 bits per heavy atom. The lowest BCUT2D eigenvalue weighted by Crippen LogP contribution is -2.10. The Hall–Kier alpha value is -1.61. The number of anilines is 1. The first kappa shape index (κ1) is 15.8. The minimum Gasteiger partial charge on any atom is -0.301 e. The van der Waals surface area contributed by atoms with Crippen molar-refractivity contribution in [1.82, 2.24) is 0 Å². The van der Waals surface area contributed by atoms with Gasteiger partial charge in [0.05, 0.1) is 10.6 Å². The molecule has 2 nitrogen and oxygen atoms in total. The van der Waals surface area contributed by atoms with Gasteiger partial charge in [0.25, 0.3) is 0 Å². The normalized spacial score (nSPS) is 12.3. The molecule has 0 saturated carbocycles. The molecule has 0 aliphatic heterocycles. The van der Waals surface area contributed by atoms with E-state index in [1.807, 2.05) is 27.7 Å². The molecule has 21 heavy (non-hydrogen) atoms. The van der Waals surface area contributed by atoms with E-state index in [2.05, 4.69) is 42.8 Å². The molecule has 0 radical (unpaired) electrons. The van der Waals surface area contributed by atoms with Crippen LogP contribution in [0.15, 0.2) is 29.2 Å². The molecule has 0 fully saturated rings. The third-order valence-corrected chi connectivity index (χ3v) is 5.07. The van der Waals surface area contributed by atoms with E-state index in [1.54, 1.807) is 0 Å². The topological polar surface area (TPSA) is 29.1 Å². The van der Waals surface area contributed by atoms with Crippen molar-refractivity contribution in [3.8, 4) is 0 Å². The van der Waals surface area contributed by atoms with Crippen LogP contribution in [-0.4, -0.2) is 4.21 Å². The number of hydrogen-bond acceptors (Lipinski definition) is 1. The van der Waals surface area contributed by atoms with Crippen LogP contribution < -0.4 is 4.72 Å². The van der Waals surface area contributed by atoms with Crippen LogP contribution in [0, 0.1) is 41.5 Å². The van der Waals surface area contributed by atoms with E-state index in [0.29, 0.717) is 0 Å². The van der Waals surface area contributed by atoms with Gasteiger partial charge in [-0.3, -0.25) is 0 Å². The summed E-state index contributed by atoms with van der Waals surface area (Å²) in [4.78, 5) is 0.889. The summed E-state index contributed by atoms with van der Waals surface area (Å²) in [5, 5.41) is 0. The largest absolute Gasteiger partial charge is 0.301 e. The van der Waals surface area contributed by atoms with Crippen molar-refractivity contribution < 1.29 is 4.21 Å². The van der Waals surface area contributed by atoms with Crippen molar-refractivity contribution in [2.75, 3.05) is 4.72 Å². The highest BCUT2D eigenvalue weighted by Crippen LogP contribution is 2.26. The number of rotatable bonds is 3. The summed E-state index contributed by atoms with van der Waals surface area (Å²) < 4.78 is 16.0.